The van der Waals surface area contributed by atoms with Crippen molar-refractivity contribution in [1.29, 1.82) is 0 Å². The van der Waals surface area contributed by atoms with Crippen LogP contribution < -0.4 is 0 Å². The van der Waals surface area contributed by atoms with E-state index in [4.69, 9.17) is 11.6 Å². The Morgan fingerprint density at radius 1 is 1.35 bits per heavy atom. The monoisotopic (exact) mass is 297 g/mol. The number of carbonyl (C=O) groups excluding carboxylic acids is 1. The van der Waals surface area contributed by atoms with Crippen molar-refractivity contribution in [2.45, 2.75) is 31.7 Å². The van der Waals surface area contributed by atoms with E-state index in [0.717, 1.165) is 12.8 Å². The summed E-state index contributed by atoms with van der Waals surface area (Å²) in [5.41, 5.74) is -1.16. The van der Waals surface area contributed by atoms with E-state index in [-0.39, 0.29) is 11.3 Å². The average molecular weight is 298 g/mol. The van der Waals surface area contributed by atoms with E-state index in [9.17, 15) is 19.8 Å². The van der Waals surface area contributed by atoms with Gasteiger partial charge < -0.3 is 15.1 Å². The van der Waals surface area contributed by atoms with Crippen LogP contribution in [0.25, 0.3) is 0 Å². The van der Waals surface area contributed by atoms with Crippen LogP contribution in [0.4, 0.5) is 0 Å². The molecule has 1 aliphatic rings. The summed E-state index contributed by atoms with van der Waals surface area (Å²) >= 11 is 5.73. The van der Waals surface area contributed by atoms with Gasteiger partial charge in [0.15, 0.2) is 0 Å². The Morgan fingerprint density at radius 3 is 2.65 bits per heavy atom. The summed E-state index contributed by atoms with van der Waals surface area (Å²) in [4.78, 5) is 25.3. The Hall–Kier alpha value is -1.75. The number of nitrogens with zero attached hydrogens (tertiary/aromatic N) is 1. The van der Waals surface area contributed by atoms with Crippen LogP contribution in [0.3, 0.4) is 0 Å². The third-order valence-electron chi connectivity index (χ3n) is 3.79. The molecule has 108 valence electrons. The second-order valence-corrected chi connectivity index (χ2v) is 5.59. The Kier molecular flexibility index (Phi) is 3.90. The molecule has 0 saturated carbocycles. The summed E-state index contributed by atoms with van der Waals surface area (Å²) in [6, 6.07) is 4.18. The summed E-state index contributed by atoms with van der Waals surface area (Å²) in [6.07, 6.45) is 1.92. The summed E-state index contributed by atoms with van der Waals surface area (Å²) in [5.74, 6) is -1.75. The van der Waals surface area contributed by atoms with Crippen LogP contribution in [0.15, 0.2) is 18.2 Å². The van der Waals surface area contributed by atoms with E-state index < -0.39 is 17.4 Å². The van der Waals surface area contributed by atoms with Crippen molar-refractivity contribution < 1.29 is 19.8 Å². The number of likely N-dealkylation sites (tertiary alicyclic amines) is 1. The molecule has 6 heteroatoms. The molecule has 2 rings (SSSR count). The highest BCUT2D eigenvalue weighted by Gasteiger charge is 2.44. The van der Waals surface area contributed by atoms with Gasteiger partial charge >= 0.3 is 5.97 Å². The summed E-state index contributed by atoms with van der Waals surface area (Å²) in [7, 11) is 0. The van der Waals surface area contributed by atoms with Gasteiger partial charge in [-0.2, -0.15) is 0 Å². The quantitative estimate of drug-likeness (QED) is 0.879. The van der Waals surface area contributed by atoms with Gasteiger partial charge in [0.25, 0.3) is 5.91 Å². The van der Waals surface area contributed by atoms with E-state index in [0.29, 0.717) is 18.0 Å². The number of halogens is 1. The van der Waals surface area contributed by atoms with Gasteiger partial charge in [0, 0.05) is 11.6 Å². The zero-order valence-electron chi connectivity index (χ0n) is 11.1. The molecule has 1 aromatic rings. The van der Waals surface area contributed by atoms with E-state index in [2.05, 4.69) is 0 Å². The molecule has 0 bridgehead atoms. The standard InChI is InChI=1S/C14H16ClNO4/c1-14(13(19)20)6-2-3-7-16(14)12(18)10-5-4-9(15)8-11(10)17/h4-5,8,17H,2-3,6-7H2,1H3,(H,19,20). The number of hydrogen-bond acceptors (Lipinski definition) is 3. The van der Waals surface area contributed by atoms with Crippen molar-refractivity contribution in [2.75, 3.05) is 6.54 Å². The van der Waals surface area contributed by atoms with Crippen LogP contribution in [0.2, 0.25) is 5.02 Å². The Labute approximate surface area is 121 Å². The van der Waals surface area contributed by atoms with E-state index >= 15 is 0 Å². The number of piperidine rings is 1. The van der Waals surface area contributed by atoms with Crippen LogP contribution in [0, 0.1) is 0 Å². The molecule has 0 aliphatic carbocycles. The number of benzene rings is 1. The van der Waals surface area contributed by atoms with E-state index in [1.807, 2.05) is 0 Å². The third kappa shape index (κ3) is 2.45. The molecular weight excluding hydrogens is 282 g/mol. The first-order chi connectivity index (χ1) is 9.36. The summed E-state index contributed by atoms with van der Waals surface area (Å²) in [5, 5.41) is 19.5. The number of aromatic hydroxyl groups is 1. The lowest BCUT2D eigenvalue weighted by atomic mass is 9.87. The van der Waals surface area contributed by atoms with Gasteiger partial charge in [-0.3, -0.25) is 4.79 Å². The summed E-state index contributed by atoms with van der Waals surface area (Å²) in [6.45, 7) is 1.91. The number of phenolic OH excluding ortho intramolecular Hbond substituents is 1. The largest absolute Gasteiger partial charge is 0.507 e. The average Bonchev–Trinajstić information content (AvgIpc) is 2.38. The van der Waals surface area contributed by atoms with Crippen LogP contribution in [0.5, 0.6) is 5.75 Å². The molecule has 1 atom stereocenters. The highest BCUT2D eigenvalue weighted by atomic mass is 35.5. The van der Waals surface area contributed by atoms with Gasteiger partial charge in [-0.25, -0.2) is 4.79 Å². The summed E-state index contributed by atoms with van der Waals surface area (Å²) < 4.78 is 0. The highest BCUT2D eigenvalue weighted by molar-refractivity contribution is 6.30. The molecule has 1 aliphatic heterocycles. The first-order valence-electron chi connectivity index (χ1n) is 6.40. The van der Waals surface area contributed by atoms with Crippen LogP contribution in [-0.4, -0.2) is 39.1 Å². The van der Waals surface area contributed by atoms with Gasteiger partial charge in [0.05, 0.1) is 5.56 Å². The van der Waals surface area contributed by atoms with Crippen molar-refractivity contribution in [3.8, 4) is 5.75 Å². The molecule has 1 unspecified atom stereocenters. The minimum atomic E-state index is -1.23. The van der Waals surface area contributed by atoms with Crippen molar-refractivity contribution in [1.82, 2.24) is 4.90 Å². The van der Waals surface area contributed by atoms with Gasteiger partial charge in [-0.15, -0.1) is 0 Å². The molecule has 5 nitrogen and oxygen atoms in total. The van der Waals surface area contributed by atoms with Gasteiger partial charge in [-0.1, -0.05) is 11.6 Å². The Bertz CT molecular complexity index is 560. The molecule has 1 saturated heterocycles. The number of hydrogen-bond donors (Lipinski definition) is 2. The fourth-order valence-corrected chi connectivity index (χ4v) is 2.67. The molecule has 1 amide bonds. The molecule has 1 aromatic carbocycles. The SMILES string of the molecule is CC1(C(=O)O)CCCCN1C(=O)c1ccc(Cl)cc1O. The van der Waals surface area contributed by atoms with Gasteiger partial charge in [0.2, 0.25) is 0 Å². The van der Waals surface area contributed by atoms with Crippen LogP contribution in [-0.2, 0) is 4.79 Å². The molecule has 0 radical (unpaired) electrons. The molecule has 0 aromatic heterocycles. The van der Waals surface area contributed by atoms with Crippen molar-refractivity contribution in [2.24, 2.45) is 0 Å². The molecule has 1 fully saturated rings. The molecule has 20 heavy (non-hydrogen) atoms. The van der Waals surface area contributed by atoms with Crippen molar-refractivity contribution in [3.63, 3.8) is 0 Å². The maximum Gasteiger partial charge on any atom is 0.329 e. The lowest BCUT2D eigenvalue weighted by Crippen LogP contribution is -2.57. The normalized spacial score (nSPS) is 22.6. The predicted molar refractivity (Wildman–Crippen MR) is 74.0 cm³/mol. The molecule has 0 spiro atoms. The number of aliphatic carboxylic acids is 1. The second kappa shape index (κ2) is 5.32. The number of carboxylic acid groups (broad SMARTS) is 1. The maximum absolute atomic E-state index is 12.5. The second-order valence-electron chi connectivity index (χ2n) is 5.15. The molecular formula is C14H16ClNO4. The maximum atomic E-state index is 12.5. The number of phenols is 1. The fraction of sp³-hybridized carbons (Fsp3) is 0.429. The zero-order valence-corrected chi connectivity index (χ0v) is 11.9. The number of rotatable bonds is 2. The minimum absolute atomic E-state index is 0.0729. The zero-order chi connectivity index (χ0) is 14.9. The topological polar surface area (TPSA) is 77.8 Å². The highest BCUT2D eigenvalue weighted by Crippen LogP contribution is 2.32. The minimum Gasteiger partial charge on any atom is -0.507 e. The number of carbonyl (C=O) groups is 2. The van der Waals surface area contributed by atoms with Gasteiger partial charge in [0.1, 0.15) is 11.3 Å². The Morgan fingerprint density at radius 2 is 2.05 bits per heavy atom. The fourth-order valence-electron chi connectivity index (χ4n) is 2.50. The van der Waals surface area contributed by atoms with Crippen LogP contribution >= 0.6 is 11.6 Å². The number of carboxylic acids is 1. The van der Waals surface area contributed by atoms with Crippen LogP contribution in [0.1, 0.15) is 36.5 Å². The first-order valence-corrected chi connectivity index (χ1v) is 6.78. The smallest absolute Gasteiger partial charge is 0.329 e. The van der Waals surface area contributed by atoms with Crippen molar-refractivity contribution >= 4 is 23.5 Å². The molecule has 2 N–H and O–H groups in total. The third-order valence-corrected chi connectivity index (χ3v) is 4.02. The van der Waals surface area contributed by atoms with E-state index in [1.165, 1.54) is 23.1 Å². The lowest BCUT2D eigenvalue weighted by Gasteiger charge is -2.41. The molecule has 1 heterocycles. The van der Waals surface area contributed by atoms with Crippen molar-refractivity contribution in [3.05, 3.63) is 28.8 Å². The Balaban J connectivity index is 2.37. The predicted octanol–water partition coefficient (Wildman–Crippen LogP) is 2.52. The van der Waals surface area contributed by atoms with Gasteiger partial charge in [-0.05, 0) is 44.4 Å². The van der Waals surface area contributed by atoms with E-state index in [1.54, 1.807) is 6.92 Å². The number of amides is 1. The lowest BCUT2D eigenvalue weighted by molar-refractivity contribution is -0.150. The first kappa shape index (κ1) is 14.7.